The molecule has 1 nitrogen and oxygen atoms in total. The van der Waals surface area contributed by atoms with Crippen LogP contribution in [-0.2, 0) is 6.42 Å². The summed E-state index contributed by atoms with van der Waals surface area (Å²) in [6.07, 6.45) is 1.89. The molecule has 0 aliphatic heterocycles. The average Bonchev–Trinajstić information content (AvgIpc) is 2.49. The monoisotopic (exact) mass is 196 g/mol. The molecule has 2 rings (SSSR count). The lowest BCUT2D eigenvalue weighted by molar-refractivity contribution is 0.137. The molecule has 13 heavy (non-hydrogen) atoms. The van der Waals surface area contributed by atoms with E-state index in [0.29, 0.717) is 11.3 Å². The van der Waals surface area contributed by atoms with Crippen LogP contribution < -0.4 is 0 Å². The van der Waals surface area contributed by atoms with Gasteiger partial charge in [-0.05, 0) is 29.2 Å². The molecule has 0 spiro atoms. The van der Waals surface area contributed by atoms with Gasteiger partial charge in [0, 0.05) is 11.3 Å². The second-order valence-corrected chi connectivity index (χ2v) is 5.68. The van der Waals surface area contributed by atoms with Crippen LogP contribution >= 0.6 is 11.3 Å². The molecule has 0 bridgehead atoms. The SMILES string of the molecule is CC1(C)CC1C(O)Cc1cccs1. The quantitative estimate of drug-likeness (QED) is 0.788. The molecule has 2 unspecified atom stereocenters. The summed E-state index contributed by atoms with van der Waals surface area (Å²) in [6, 6.07) is 4.15. The second kappa shape index (κ2) is 3.10. The van der Waals surface area contributed by atoms with E-state index in [2.05, 4.69) is 25.3 Å². The summed E-state index contributed by atoms with van der Waals surface area (Å²) >= 11 is 1.74. The first-order valence-corrected chi connectivity index (χ1v) is 5.68. The van der Waals surface area contributed by atoms with E-state index in [1.54, 1.807) is 11.3 Å². The Hall–Kier alpha value is -0.340. The highest BCUT2D eigenvalue weighted by Crippen LogP contribution is 2.54. The summed E-state index contributed by atoms with van der Waals surface area (Å²) in [5.74, 6) is 0.523. The zero-order chi connectivity index (χ0) is 9.47. The van der Waals surface area contributed by atoms with E-state index in [4.69, 9.17) is 0 Å². The molecule has 1 aliphatic carbocycles. The molecular weight excluding hydrogens is 180 g/mol. The second-order valence-electron chi connectivity index (χ2n) is 4.65. The van der Waals surface area contributed by atoms with E-state index in [0.717, 1.165) is 6.42 Å². The molecule has 0 amide bonds. The van der Waals surface area contributed by atoms with Crippen molar-refractivity contribution >= 4 is 11.3 Å². The van der Waals surface area contributed by atoms with Gasteiger partial charge >= 0.3 is 0 Å². The molecule has 1 fully saturated rings. The molecule has 1 aromatic rings. The Morgan fingerprint density at radius 2 is 2.38 bits per heavy atom. The van der Waals surface area contributed by atoms with Gasteiger partial charge < -0.3 is 5.11 Å². The highest BCUT2D eigenvalue weighted by Gasteiger charge is 2.49. The van der Waals surface area contributed by atoms with Crippen LogP contribution in [0.25, 0.3) is 0 Å². The minimum Gasteiger partial charge on any atom is -0.392 e. The number of hydrogen-bond acceptors (Lipinski definition) is 2. The minimum atomic E-state index is -0.131. The Labute approximate surface area is 83.4 Å². The van der Waals surface area contributed by atoms with E-state index in [1.165, 1.54) is 11.3 Å². The van der Waals surface area contributed by atoms with Crippen molar-refractivity contribution in [2.45, 2.75) is 32.8 Å². The number of aliphatic hydroxyl groups excluding tert-OH is 1. The van der Waals surface area contributed by atoms with Gasteiger partial charge in [0.1, 0.15) is 0 Å². The van der Waals surface area contributed by atoms with E-state index in [1.807, 2.05) is 6.07 Å². The third-order valence-electron chi connectivity index (χ3n) is 3.04. The summed E-state index contributed by atoms with van der Waals surface area (Å²) in [5.41, 5.74) is 0.386. The fourth-order valence-electron chi connectivity index (χ4n) is 1.94. The molecule has 1 saturated carbocycles. The lowest BCUT2D eigenvalue weighted by Crippen LogP contribution is -2.15. The van der Waals surface area contributed by atoms with Gasteiger partial charge in [-0.2, -0.15) is 0 Å². The van der Waals surface area contributed by atoms with Crippen molar-refractivity contribution in [3.8, 4) is 0 Å². The molecule has 1 aromatic heterocycles. The highest BCUT2D eigenvalue weighted by atomic mass is 32.1. The maximum atomic E-state index is 9.90. The fraction of sp³-hybridized carbons (Fsp3) is 0.636. The highest BCUT2D eigenvalue weighted by molar-refractivity contribution is 7.09. The predicted molar refractivity (Wildman–Crippen MR) is 55.9 cm³/mol. The van der Waals surface area contributed by atoms with Crippen LogP contribution in [0.15, 0.2) is 17.5 Å². The Bertz CT molecular complexity index is 276. The van der Waals surface area contributed by atoms with Crippen molar-refractivity contribution in [1.29, 1.82) is 0 Å². The van der Waals surface area contributed by atoms with Gasteiger partial charge in [0.2, 0.25) is 0 Å². The molecule has 1 N–H and O–H groups in total. The van der Waals surface area contributed by atoms with E-state index in [-0.39, 0.29) is 6.10 Å². The Morgan fingerprint density at radius 3 is 2.85 bits per heavy atom. The van der Waals surface area contributed by atoms with Crippen molar-refractivity contribution in [2.24, 2.45) is 11.3 Å². The summed E-state index contributed by atoms with van der Waals surface area (Å²) < 4.78 is 0. The zero-order valence-electron chi connectivity index (χ0n) is 8.16. The van der Waals surface area contributed by atoms with Crippen LogP contribution in [0.4, 0.5) is 0 Å². The van der Waals surface area contributed by atoms with Crippen LogP contribution in [0.5, 0.6) is 0 Å². The molecule has 72 valence electrons. The van der Waals surface area contributed by atoms with Gasteiger partial charge in [0.25, 0.3) is 0 Å². The maximum Gasteiger partial charge on any atom is 0.0621 e. The summed E-state index contributed by atoms with van der Waals surface area (Å²) in [5, 5.41) is 12.0. The van der Waals surface area contributed by atoms with Gasteiger partial charge in [-0.1, -0.05) is 19.9 Å². The molecule has 1 heterocycles. The first-order valence-electron chi connectivity index (χ1n) is 4.80. The van der Waals surface area contributed by atoms with Crippen molar-refractivity contribution in [1.82, 2.24) is 0 Å². The van der Waals surface area contributed by atoms with E-state index in [9.17, 15) is 5.11 Å². The van der Waals surface area contributed by atoms with Gasteiger partial charge in [0.15, 0.2) is 0 Å². The van der Waals surface area contributed by atoms with Gasteiger partial charge in [0.05, 0.1) is 6.10 Å². The Balaban J connectivity index is 1.90. The Kier molecular flexibility index (Phi) is 2.20. The predicted octanol–water partition coefficient (Wildman–Crippen LogP) is 2.70. The number of hydrogen-bond donors (Lipinski definition) is 1. The van der Waals surface area contributed by atoms with Crippen molar-refractivity contribution in [3.63, 3.8) is 0 Å². The molecular formula is C11H16OS. The standard InChI is InChI=1S/C11H16OS/c1-11(2)7-9(11)10(12)6-8-4-3-5-13-8/h3-5,9-10,12H,6-7H2,1-2H3. The third kappa shape index (κ3) is 1.94. The summed E-state index contributed by atoms with van der Waals surface area (Å²) in [6.45, 7) is 4.46. The molecule has 2 heteroatoms. The average molecular weight is 196 g/mol. The van der Waals surface area contributed by atoms with Crippen LogP contribution in [0.3, 0.4) is 0 Å². The lowest BCUT2D eigenvalue weighted by Gasteiger charge is -2.10. The Morgan fingerprint density at radius 1 is 1.69 bits per heavy atom. The first kappa shape index (κ1) is 9.22. The summed E-state index contributed by atoms with van der Waals surface area (Å²) in [7, 11) is 0. The molecule has 2 atom stereocenters. The fourth-order valence-corrected chi connectivity index (χ4v) is 2.70. The molecule has 0 aromatic carbocycles. The van der Waals surface area contributed by atoms with Crippen molar-refractivity contribution < 1.29 is 5.11 Å². The number of thiophene rings is 1. The minimum absolute atomic E-state index is 0.131. The van der Waals surface area contributed by atoms with E-state index < -0.39 is 0 Å². The van der Waals surface area contributed by atoms with Gasteiger partial charge in [-0.15, -0.1) is 11.3 Å². The summed E-state index contributed by atoms with van der Waals surface area (Å²) in [4.78, 5) is 1.30. The smallest absolute Gasteiger partial charge is 0.0621 e. The van der Waals surface area contributed by atoms with E-state index >= 15 is 0 Å². The lowest BCUT2D eigenvalue weighted by atomic mass is 10.0. The van der Waals surface area contributed by atoms with Gasteiger partial charge in [-0.3, -0.25) is 0 Å². The van der Waals surface area contributed by atoms with Crippen molar-refractivity contribution in [3.05, 3.63) is 22.4 Å². The van der Waals surface area contributed by atoms with Crippen molar-refractivity contribution in [2.75, 3.05) is 0 Å². The molecule has 1 aliphatic rings. The third-order valence-corrected chi connectivity index (χ3v) is 3.94. The zero-order valence-corrected chi connectivity index (χ0v) is 8.97. The van der Waals surface area contributed by atoms with Crippen LogP contribution in [-0.4, -0.2) is 11.2 Å². The largest absolute Gasteiger partial charge is 0.392 e. The normalized spacial score (nSPS) is 27.2. The van der Waals surface area contributed by atoms with Gasteiger partial charge in [-0.25, -0.2) is 0 Å². The molecule has 0 saturated heterocycles. The topological polar surface area (TPSA) is 20.2 Å². The number of rotatable bonds is 3. The maximum absolute atomic E-state index is 9.90. The molecule has 0 radical (unpaired) electrons. The van der Waals surface area contributed by atoms with Crippen LogP contribution in [0, 0.1) is 11.3 Å². The van der Waals surface area contributed by atoms with Crippen LogP contribution in [0.2, 0.25) is 0 Å². The van der Waals surface area contributed by atoms with Crippen LogP contribution in [0.1, 0.15) is 25.1 Å². The number of aliphatic hydroxyl groups is 1. The first-order chi connectivity index (χ1) is 6.09.